The highest BCUT2D eigenvalue weighted by atomic mass is 16.3. The number of fused-ring (bicyclic) bond motifs is 4. The van der Waals surface area contributed by atoms with Crippen LogP contribution in [0, 0.1) is 11.8 Å². The molecule has 2 aromatic rings. The Labute approximate surface area is 142 Å². The van der Waals surface area contributed by atoms with E-state index in [4.69, 9.17) is 0 Å². The topological polar surface area (TPSA) is 40.5 Å². The summed E-state index contributed by atoms with van der Waals surface area (Å²) in [6.45, 7) is 0. The van der Waals surface area contributed by atoms with Crippen molar-refractivity contribution >= 4 is 0 Å². The molecule has 2 nitrogen and oxygen atoms in total. The Morgan fingerprint density at radius 2 is 1.42 bits per heavy atom. The zero-order chi connectivity index (χ0) is 16.3. The molecular weight excluding hydrogens is 296 g/mol. The lowest BCUT2D eigenvalue weighted by molar-refractivity contribution is 0.286. The summed E-state index contributed by atoms with van der Waals surface area (Å²) in [4.78, 5) is 0. The molecule has 2 saturated carbocycles. The largest absolute Gasteiger partial charge is 0.508 e. The standard InChI is InChI=1S/C22H22O2/c23-17-8-4-15(5-9-17)22(16-6-10-18(24)11-7-16)13-14-12-21(22)20-3-1-2-19(14)20/h4-11,20-21,23-24H,1-3,12-13H2. The van der Waals surface area contributed by atoms with Crippen LogP contribution >= 0.6 is 0 Å². The van der Waals surface area contributed by atoms with Gasteiger partial charge >= 0.3 is 0 Å². The van der Waals surface area contributed by atoms with Crippen LogP contribution in [0.2, 0.25) is 0 Å². The van der Waals surface area contributed by atoms with Crippen molar-refractivity contribution in [2.45, 2.75) is 37.5 Å². The summed E-state index contributed by atoms with van der Waals surface area (Å²) in [5.74, 6) is 2.00. The highest BCUT2D eigenvalue weighted by molar-refractivity contribution is 5.52. The van der Waals surface area contributed by atoms with Crippen LogP contribution in [-0.4, -0.2) is 10.2 Å². The maximum atomic E-state index is 9.73. The fourth-order valence-electron chi connectivity index (χ4n) is 5.78. The molecule has 122 valence electrons. The van der Waals surface area contributed by atoms with Crippen molar-refractivity contribution < 1.29 is 10.2 Å². The van der Waals surface area contributed by atoms with Gasteiger partial charge in [-0.2, -0.15) is 0 Å². The minimum atomic E-state index is -0.00472. The fraction of sp³-hybridized carbons (Fsp3) is 0.364. The number of benzene rings is 2. The molecule has 0 aliphatic heterocycles. The SMILES string of the molecule is Oc1ccc(C2(c3ccc(O)cc3)CC3=C4CCCC4C2C3)cc1. The van der Waals surface area contributed by atoms with Gasteiger partial charge in [0, 0.05) is 5.41 Å². The van der Waals surface area contributed by atoms with Gasteiger partial charge in [-0.25, -0.2) is 0 Å². The summed E-state index contributed by atoms with van der Waals surface area (Å²) in [7, 11) is 0. The third kappa shape index (κ3) is 1.77. The molecular formula is C22H22O2. The summed E-state index contributed by atoms with van der Waals surface area (Å²) in [5, 5.41) is 19.5. The van der Waals surface area contributed by atoms with Crippen molar-refractivity contribution in [2.24, 2.45) is 11.8 Å². The molecule has 2 unspecified atom stereocenters. The van der Waals surface area contributed by atoms with Crippen LogP contribution < -0.4 is 0 Å². The Balaban J connectivity index is 1.71. The van der Waals surface area contributed by atoms with E-state index in [0.717, 1.165) is 12.3 Å². The number of aromatic hydroxyl groups is 2. The Hall–Kier alpha value is -2.22. The van der Waals surface area contributed by atoms with Crippen molar-refractivity contribution in [1.82, 2.24) is 0 Å². The van der Waals surface area contributed by atoms with E-state index in [-0.39, 0.29) is 5.41 Å². The molecule has 0 amide bonds. The van der Waals surface area contributed by atoms with Crippen molar-refractivity contribution in [3.05, 3.63) is 70.8 Å². The summed E-state index contributed by atoms with van der Waals surface area (Å²) in [6, 6.07) is 15.6. The van der Waals surface area contributed by atoms with Crippen molar-refractivity contribution in [3.63, 3.8) is 0 Å². The van der Waals surface area contributed by atoms with Crippen LogP contribution in [0.5, 0.6) is 11.5 Å². The summed E-state index contributed by atoms with van der Waals surface area (Å²) in [5.41, 5.74) is 6.04. The number of hydrogen-bond donors (Lipinski definition) is 2. The molecule has 0 aromatic heterocycles. The Morgan fingerprint density at radius 1 is 0.833 bits per heavy atom. The van der Waals surface area contributed by atoms with Gasteiger partial charge in [-0.05, 0) is 79.3 Å². The third-order valence-electron chi connectivity index (χ3n) is 6.71. The normalized spacial score (nSPS) is 26.8. The maximum Gasteiger partial charge on any atom is 0.115 e. The highest BCUT2D eigenvalue weighted by Crippen LogP contribution is 2.65. The first-order chi connectivity index (χ1) is 11.7. The second kappa shape index (κ2) is 4.89. The minimum absolute atomic E-state index is 0.00472. The molecule has 24 heavy (non-hydrogen) atoms. The summed E-state index contributed by atoms with van der Waals surface area (Å²) in [6.07, 6.45) is 6.28. The Morgan fingerprint density at radius 3 is 2.00 bits per heavy atom. The first-order valence-corrected chi connectivity index (χ1v) is 8.98. The second-order valence-electron chi connectivity index (χ2n) is 7.68. The predicted octanol–water partition coefficient (Wildman–Crippen LogP) is 4.90. The van der Waals surface area contributed by atoms with E-state index >= 15 is 0 Å². The van der Waals surface area contributed by atoms with Gasteiger partial charge in [0.25, 0.3) is 0 Å². The molecule has 2 atom stereocenters. The quantitative estimate of drug-likeness (QED) is 0.773. The van der Waals surface area contributed by atoms with Gasteiger partial charge in [0.2, 0.25) is 0 Å². The average Bonchev–Trinajstić information content (AvgIpc) is 3.28. The van der Waals surface area contributed by atoms with Gasteiger partial charge in [-0.15, -0.1) is 0 Å². The molecule has 0 heterocycles. The Bertz CT molecular complexity index is 769. The maximum absolute atomic E-state index is 9.73. The van der Waals surface area contributed by atoms with E-state index in [0.29, 0.717) is 17.4 Å². The number of rotatable bonds is 2. The smallest absolute Gasteiger partial charge is 0.115 e. The molecule has 2 fully saturated rings. The molecule has 2 N–H and O–H groups in total. The molecule has 0 spiro atoms. The minimum Gasteiger partial charge on any atom is -0.508 e. The van der Waals surface area contributed by atoms with Crippen LogP contribution in [-0.2, 0) is 5.41 Å². The summed E-state index contributed by atoms with van der Waals surface area (Å²) >= 11 is 0. The van der Waals surface area contributed by atoms with Crippen LogP contribution in [0.1, 0.15) is 43.2 Å². The van der Waals surface area contributed by atoms with Gasteiger partial charge in [0.15, 0.2) is 0 Å². The lowest BCUT2D eigenvalue weighted by Crippen LogP contribution is -2.37. The summed E-state index contributed by atoms with van der Waals surface area (Å²) < 4.78 is 0. The molecule has 0 saturated heterocycles. The monoisotopic (exact) mass is 318 g/mol. The number of phenolic OH excluding ortho intramolecular Hbond substituents is 2. The third-order valence-corrected chi connectivity index (χ3v) is 6.71. The van der Waals surface area contributed by atoms with Gasteiger partial charge in [0.05, 0.1) is 0 Å². The fourth-order valence-corrected chi connectivity index (χ4v) is 5.78. The van der Waals surface area contributed by atoms with Gasteiger partial charge in [-0.3, -0.25) is 0 Å². The van der Waals surface area contributed by atoms with Gasteiger partial charge < -0.3 is 10.2 Å². The van der Waals surface area contributed by atoms with E-state index in [1.807, 2.05) is 24.3 Å². The van der Waals surface area contributed by atoms with Crippen molar-refractivity contribution in [2.75, 3.05) is 0 Å². The lowest BCUT2D eigenvalue weighted by atomic mass is 9.61. The zero-order valence-corrected chi connectivity index (χ0v) is 13.7. The van der Waals surface area contributed by atoms with Gasteiger partial charge in [0.1, 0.15) is 11.5 Å². The number of allylic oxidation sites excluding steroid dienone is 2. The van der Waals surface area contributed by atoms with E-state index in [1.54, 1.807) is 11.1 Å². The van der Waals surface area contributed by atoms with Gasteiger partial charge in [-0.1, -0.05) is 35.4 Å². The molecule has 2 heteroatoms. The second-order valence-corrected chi connectivity index (χ2v) is 7.68. The predicted molar refractivity (Wildman–Crippen MR) is 94.1 cm³/mol. The van der Waals surface area contributed by atoms with E-state index in [9.17, 15) is 10.2 Å². The van der Waals surface area contributed by atoms with E-state index < -0.39 is 0 Å². The highest BCUT2D eigenvalue weighted by Gasteiger charge is 2.56. The lowest BCUT2D eigenvalue weighted by Gasteiger charge is -2.41. The van der Waals surface area contributed by atoms with Crippen LogP contribution in [0.4, 0.5) is 0 Å². The molecule has 5 rings (SSSR count). The first-order valence-electron chi connectivity index (χ1n) is 8.98. The Kier molecular flexibility index (Phi) is 2.88. The first kappa shape index (κ1) is 14.2. The molecule has 2 bridgehead atoms. The van der Waals surface area contributed by atoms with Crippen molar-refractivity contribution in [3.8, 4) is 11.5 Å². The molecule has 3 aliphatic rings. The number of phenols is 2. The van der Waals surface area contributed by atoms with Crippen LogP contribution in [0.25, 0.3) is 0 Å². The molecule has 2 aromatic carbocycles. The zero-order valence-electron chi connectivity index (χ0n) is 13.7. The molecule has 3 aliphatic carbocycles. The number of hydrogen-bond acceptors (Lipinski definition) is 2. The van der Waals surface area contributed by atoms with E-state index in [2.05, 4.69) is 24.3 Å². The van der Waals surface area contributed by atoms with E-state index in [1.165, 1.54) is 36.8 Å². The molecule has 0 radical (unpaired) electrons. The van der Waals surface area contributed by atoms with Crippen LogP contribution in [0.3, 0.4) is 0 Å². The van der Waals surface area contributed by atoms with Crippen LogP contribution in [0.15, 0.2) is 59.7 Å². The van der Waals surface area contributed by atoms with Crippen molar-refractivity contribution in [1.29, 1.82) is 0 Å². The average molecular weight is 318 g/mol.